The van der Waals surface area contributed by atoms with E-state index in [0.29, 0.717) is 17.6 Å². The summed E-state index contributed by atoms with van der Waals surface area (Å²) in [6, 6.07) is 9.23. The molecule has 1 nitrogen and oxygen atoms in total. The normalized spacial score (nSPS) is 24.0. The Morgan fingerprint density at radius 2 is 2.00 bits per heavy atom. The van der Waals surface area contributed by atoms with Gasteiger partial charge in [0.1, 0.15) is 3.78 Å². The van der Waals surface area contributed by atoms with E-state index in [9.17, 15) is 4.79 Å². The minimum absolute atomic E-state index is 0.0384. The molecule has 0 fully saturated rings. The first-order valence-corrected chi connectivity index (χ1v) is 6.12. The second kappa shape index (κ2) is 4.56. The molecule has 0 N–H and O–H groups in total. The fraction of sp³-hybridized carbons (Fsp3) is 0.154. The van der Waals surface area contributed by atoms with Gasteiger partial charge in [-0.25, -0.2) is 0 Å². The lowest BCUT2D eigenvalue weighted by Crippen LogP contribution is -2.13. The second-order valence-corrected chi connectivity index (χ2v) is 6.20. The van der Waals surface area contributed by atoms with Crippen LogP contribution in [0.1, 0.15) is 16.8 Å². The summed E-state index contributed by atoms with van der Waals surface area (Å²) in [5.41, 5.74) is 1.40. The van der Waals surface area contributed by atoms with Gasteiger partial charge in [0.25, 0.3) is 0 Å². The predicted molar refractivity (Wildman–Crippen MR) is 70.1 cm³/mol. The molecule has 0 aliphatic heterocycles. The van der Waals surface area contributed by atoms with Crippen LogP contribution < -0.4 is 0 Å². The Kier molecular flexibility index (Phi) is 3.31. The van der Waals surface area contributed by atoms with E-state index >= 15 is 0 Å². The molecule has 0 saturated heterocycles. The molecule has 1 aromatic rings. The molecule has 1 aliphatic carbocycles. The SMILES string of the molecule is O=C(C1=CCC(Cl)(Br)C=C1)c1ccccc1. The van der Waals surface area contributed by atoms with Crippen LogP contribution in [0.2, 0.25) is 0 Å². The number of rotatable bonds is 2. The van der Waals surface area contributed by atoms with Crippen molar-refractivity contribution < 1.29 is 4.79 Å². The van der Waals surface area contributed by atoms with Gasteiger partial charge in [0.2, 0.25) is 0 Å². The number of allylic oxidation sites excluding steroid dienone is 4. The van der Waals surface area contributed by atoms with Gasteiger partial charge in [-0.3, -0.25) is 4.79 Å². The van der Waals surface area contributed by atoms with E-state index in [0.717, 1.165) is 0 Å². The van der Waals surface area contributed by atoms with Gasteiger partial charge in [0.15, 0.2) is 5.78 Å². The second-order valence-electron chi connectivity index (χ2n) is 3.65. The van der Waals surface area contributed by atoms with Gasteiger partial charge in [-0.2, -0.15) is 0 Å². The zero-order valence-electron chi connectivity index (χ0n) is 8.49. The Morgan fingerprint density at radius 1 is 1.31 bits per heavy atom. The summed E-state index contributed by atoms with van der Waals surface area (Å²) in [4.78, 5) is 12.0. The van der Waals surface area contributed by atoms with Crippen LogP contribution in [0.4, 0.5) is 0 Å². The van der Waals surface area contributed by atoms with E-state index in [1.54, 1.807) is 12.2 Å². The molecule has 16 heavy (non-hydrogen) atoms. The van der Waals surface area contributed by atoms with Crippen LogP contribution in [0.25, 0.3) is 0 Å². The van der Waals surface area contributed by atoms with Crippen molar-refractivity contribution in [1.29, 1.82) is 0 Å². The van der Waals surface area contributed by atoms with Crippen molar-refractivity contribution in [1.82, 2.24) is 0 Å². The van der Waals surface area contributed by atoms with Crippen LogP contribution in [-0.2, 0) is 0 Å². The van der Waals surface area contributed by atoms with Crippen molar-refractivity contribution in [3.05, 3.63) is 59.7 Å². The summed E-state index contributed by atoms with van der Waals surface area (Å²) in [6.07, 6.45) is 6.03. The number of hydrogen-bond acceptors (Lipinski definition) is 1. The Morgan fingerprint density at radius 3 is 2.56 bits per heavy atom. The van der Waals surface area contributed by atoms with Crippen LogP contribution in [-0.4, -0.2) is 9.57 Å². The topological polar surface area (TPSA) is 17.1 Å². The molecule has 1 aliphatic rings. The maximum atomic E-state index is 12.0. The van der Waals surface area contributed by atoms with Crippen LogP contribution in [0, 0.1) is 0 Å². The van der Waals surface area contributed by atoms with Crippen LogP contribution in [0.3, 0.4) is 0 Å². The number of ketones is 1. The smallest absolute Gasteiger partial charge is 0.192 e. The van der Waals surface area contributed by atoms with Gasteiger partial charge < -0.3 is 0 Å². The molecule has 0 heterocycles. The number of alkyl halides is 2. The third-order valence-corrected chi connectivity index (χ3v) is 3.27. The van der Waals surface area contributed by atoms with Crippen LogP contribution >= 0.6 is 27.5 Å². The lowest BCUT2D eigenvalue weighted by Gasteiger charge is -2.17. The number of carbonyl (C=O) groups is 1. The summed E-state index contributed by atoms with van der Waals surface area (Å²) < 4.78 is -0.534. The molecule has 1 unspecified atom stereocenters. The number of benzene rings is 1. The molecule has 1 atom stereocenters. The maximum Gasteiger partial charge on any atom is 0.192 e. The number of carbonyl (C=O) groups excluding carboxylic acids is 1. The number of Topliss-reactive ketones (excluding diaryl/α,β-unsaturated/α-hetero) is 1. The highest BCUT2D eigenvalue weighted by atomic mass is 79.9. The zero-order valence-corrected chi connectivity index (χ0v) is 10.8. The highest BCUT2D eigenvalue weighted by molar-refractivity contribution is 9.10. The van der Waals surface area contributed by atoms with Gasteiger partial charge in [0.05, 0.1) is 0 Å². The first-order chi connectivity index (χ1) is 7.58. The quantitative estimate of drug-likeness (QED) is 0.594. The van der Waals surface area contributed by atoms with Gasteiger partial charge in [-0.05, 0) is 6.42 Å². The lowest BCUT2D eigenvalue weighted by molar-refractivity contribution is 0.103. The molecule has 0 bridgehead atoms. The highest BCUT2D eigenvalue weighted by Gasteiger charge is 2.23. The summed E-state index contributed by atoms with van der Waals surface area (Å²) >= 11 is 9.41. The van der Waals surface area contributed by atoms with Crippen molar-refractivity contribution >= 4 is 33.3 Å². The molecule has 0 aromatic heterocycles. The lowest BCUT2D eigenvalue weighted by atomic mass is 9.98. The minimum atomic E-state index is -0.534. The van der Waals surface area contributed by atoms with Crippen molar-refractivity contribution in [3.8, 4) is 0 Å². The molecular weight excluding hydrogens is 287 g/mol. The molecule has 0 radical (unpaired) electrons. The molecule has 0 amide bonds. The summed E-state index contributed by atoms with van der Waals surface area (Å²) in [5, 5.41) is 0. The predicted octanol–water partition coefficient (Wildman–Crippen LogP) is 4.09. The van der Waals surface area contributed by atoms with Crippen LogP contribution in [0.5, 0.6) is 0 Å². The third-order valence-electron chi connectivity index (χ3n) is 2.40. The minimum Gasteiger partial charge on any atom is -0.289 e. The van der Waals surface area contributed by atoms with E-state index in [1.165, 1.54) is 0 Å². The number of hydrogen-bond donors (Lipinski definition) is 0. The van der Waals surface area contributed by atoms with E-state index < -0.39 is 3.78 Å². The monoisotopic (exact) mass is 296 g/mol. The number of halogens is 2. The highest BCUT2D eigenvalue weighted by Crippen LogP contribution is 2.34. The molecule has 0 spiro atoms. The molecule has 0 saturated carbocycles. The molecule has 2 rings (SSSR count). The standard InChI is InChI=1S/C13H10BrClO/c14-13(15)8-6-11(7-9-13)12(16)10-4-2-1-3-5-10/h1-8H,9H2. The van der Waals surface area contributed by atoms with Gasteiger partial charge in [-0.15, -0.1) is 11.6 Å². The molecule has 1 aromatic carbocycles. The average molecular weight is 298 g/mol. The van der Waals surface area contributed by atoms with Crippen molar-refractivity contribution in [3.63, 3.8) is 0 Å². The maximum absolute atomic E-state index is 12.0. The van der Waals surface area contributed by atoms with Crippen molar-refractivity contribution in [2.45, 2.75) is 10.2 Å². The average Bonchev–Trinajstić information content (AvgIpc) is 2.29. The van der Waals surface area contributed by atoms with E-state index in [4.69, 9.17) is 11.6 Å². The Labute approximate surface area is 108 Å². The Balaban J connectivity index is 2.20. The fourth-order valence-corrected chi connectivity index (χ4v) is 1.95. The summed E-state index contributed by atoms with van der Waals surface area (Å²) in [6.45, 7) is 0. The van der Waals surface area contributed by atoms with Crippen LogP contribution in [0.15, 0.2) is 54.1 Å². The first kappa shape index (κ1) is 11.6. The van der Waals surface area contributed by atoms with Crippen molar-refractivity contribution in [2.24, 2.45) is 0 Å². The van der Waals surface area contributed by atoms with E-state index in [2.05, 4.69) is 15.9 Å². The molecule has 3 heteroatoms. The first-order valence-electron chi connectivity index (χ1n) is 4.95. The Hall–Kier alpha value is -0.860. The third kappa shape index (κ3) is 2.63. The van der Waals surface area contributed by atoms with Crippen molar-refractivity contribution in [2.75, 3.05) is 0 Å². The van der Waals surface area contributed by atoms with E-state index in [-0.39, 0.29) is 5.78 Å². The van der Waals surface area contributed by atoms with E-state index in [1.807, 2.05) is 36.4 Å². The zero-order chi connectivity index (χ0) is 11.6. The molecular formula is C13H10BrClO. The summed E-state index contributed by atoms with van der Waals surface area (Å²) in [5.74, 6) is 0.0384. The summed E-state index contributed by atoms with van der Waals surface area (Å²) in [7, 11) is 0. The van der Waals surface area contributed by atoms with Gasteiger partial charge in [0, 0.05) is 11.1 Å². The fourth-order valence-electron chi connectivity index (χ4n) is 1.52. The van der Waals surface area contributed by atoms with Gasteiger partial charge >= 0.3 is 0 Å². The largest absolute Gasteiger partial charge is 0.289 e. The Bertz CT molecular complexity index is 460. The van der Waals surface area contributed by atoms with Gasteiger partial charge in [-0.1, -0.05) is 64.5 Å². The molecule has 82 valence electrons.